The molecule has 2 unspecified atom stereocenters. The second-order valence-corrected chi connectivity index (χ2v) is 10.3. The van der Waals surface area contributed by atoms with Crippen LogP contribution in [0.25, 0.3) is 0 Å². The van der Waals surface area contributed by atoms with Gasteiger partial charge in [-0.3, -0.25) is 4.79 Å². The number of hydrogen-bond donors (Lipinski definition) is 2. The van der Waals surface area contributed by atoms with Gasteiger partial charge in [-0.15, -0.1) is 0 Å². The van der Waals surface area contributed by atoms with Crippen molar-refractivity contribution in [1.82, 2.24) is 10.2 Å². The molecule has 2 heterocycles. The van der Waals surface area contributed by atoms with Crippen LogP contribution in [0.4, 0.5) is 11.4 Å². The van der Waals surface area contributed by atoms with Crippen molar-refractivity contribution >= 4 is 17.3 Å². The molecule has 0 aliphatic carbocycles. The summed E-state index contributed by atoms with van der Waals surface area (Å²) in [4.78, 5) is 17.9. The molecule has 3 aromatic carbocycles. The average molecular weight is 499 g/mol. The van der Waals surface area contributed by atoms with E-state index in [1.165, 1.54) is 5.56 Å². The van der Waals surface area contributed by atoms with Gasteiger partial charge in [0.25, 0.3) is 5.91 Å². The molecule has 6 nitrogen and oxygen atoms in total. The van der Waals surface area contributed by atoms with Gasteiger partial charge >= 0.3 is 0 Å². The summed E-state index contributed by atoms with van der Waals surface area (Å²) in [5, 5.41) is 3.24. The number of ether oxygens (including phenoxy) is 1. The number of benzene rings is 3. The Balaban J connectivity index is 1.36. The summed E-state index contributed by atoms with van der Waals surface area (Å²) in [5.74, 6) is -0.0421. The van der Waals surface area contributed by atoms with Crippen molar-refractivity contribution in [2.24, 2.45) is 0 Å². The second kappa shape index (κ2) is 11.0. The van der Waals surface area contributed by atoms with Crippen molar-refractivity contribution in [1.29, 1.82) is 0 Å². The van der Waals surface area contributed by atoms with Crippen LogP contribution >= 0.6 is 0 Å². The van der Waals surface area contributed by atoms with Crippen LogP contribution in [0.15, 0.2) is 78.9 Å². The number of carbonyl (C=O) groups is 1. The number of amides is 1. The van der Waals surface area contributed by atoms with Crippen LogP contribution in [0, 0.1) is 0 Å². The molecule has 3 N–H and O–H groups in total. The van der Waals surface area contributed by atoms with E-state index in [1.54, 1.807) is 0 Å². The summed E-state index contributed by atoms with van der Waals surface area (Å²) in [6.07, 6.45) is 2.71. The minimum atomic E-state index is -0.251. The molecule has 194 valence electrons. The van der Waals surface area contributed by atoms with Crippen molar-refractivity contribution in [2.75, 3.05) is 36.9 Å². The molecule has 1 amide bonds. The first-order valence-corrected chi connectivity index (χ1v) is 13.5. The first kappa shape index (κ1) is 25.3. The standard InChI is InChI=1S/C31H38N4O2/c1-3-21-37-31(25-9-5-4-6-10-25)17-19-34(20-18-31)22-23(2)35-28-12-8-7-11-27(28)30(36)33-29(35)24-13-15-26(32)16-14-24/h4-16,23,29H,3,17-22,32H2,1-2H3,(H,33,36). The van der Waals surface area contributed by atoms with Gasteiger partial charge in [-0.05, 0) is 61.6 Å². The van der Waals surface area contributed by atoms with E-state index in [1.807, 2.05) is 42.5 Å². The Kier molecular flexibility index (Phi) is 7.49. The van der Waals surface area contributed by atoms with Crippen LogP contribution in [0.5, 0.6) is 0 Å². The maximum absolute atomic E-state index is 13.0. The molecule has 0 aromatic heterocycles. The summed E-state index contributed by atoms with van der Waals surface area (Å²) in [6, 6.07) is 26.6. The molecule has 0 radical (unpaired) electrons. The van der Waals surface area contributed by atoms with E-state index >= 15 is 0 Å². The van der Waals surface area contributed by atoms with E-state index in [9.17, 15) is 4.79 Å². The number of carbonyl (C=O) groups excluding carboxylic acids is 1. The van der Waals surface area contributed by atoms with Crippen LogP contribution in [0.1, 0.15) is 60.8 Å². The highest BCUT2D eigenvalue weighted by Crippen LogP contribution is 2.39. The summed E-state index contributed by atoms with van der Waals surface area (Å²) in [6.45, 7) is 8.04. The maximum atomic E-state index is 13.0. The van der Waals surface area contributed by atoms with E-state index in [-0.39, 0.29) is 23.7 Å². The normalized spacial score (nSPS) is 20.2. The molecule has 37 heavy (non-hydrogen) atoms. The number of fused-ring (bicyclic) bond motifs is 1. The van der Waals surface area contributed by atoms with Gasteiger partial charge in [0.15, 0.2) is 0 Å². The Morgan fingerprint density at radius 3 is 2.38 bits per heavy atom. The Bertz CT molecular complexity index is 1190. The van der Waals surface area contributed by atoms with Gasteiger partial charge in [0.2, 0.25) is 0 Å². The minimum Gasteiger partial charge on any atom is -0.399 e. The van der Waals surface area contributed by atoms with E-state index < -0.39 is 0 Å². The van der Waals surface area contributed by atoms with Crippen LogP contribution in [-0.2, 0) is 10.3 Å². The highest BCUT2D eigenvalue weighted by molar-refractivity contribution is 6.02. The Hall–Kier alpha value is -3.35. The van der Waals surface area contributed by atoms with Crippen LogP contribution in [0.2, 0.25) is 0 Å². The molecular weight excluding hydrogens is 460 g/mol. The molecule has 0 spiro atoms. The minimum absolute atomic E-state index is 0.0421. The predicted octanol–water partition coefficient (Wildman–Crippen LogP) is 5.32. The second-order valence-electron chi connectivity index (χ2n) is 10.3. The Morgan fingerprint density at radius 1 is 1.00 bits per heavy atom. The molecule has 0 bridgehead atoms. The third-order valence-corrected chi connectivity index (χ3v) is 7.77. The quantitative estimate of drug-likeness (QED) is 0.411. The maximum Gasteiger partial charge on any atom is 0.255 e. The van der Waals surface area contributed by atoms with Gasteiger partial charge in [0.05, 0.1) is 16.9 Å². The number of likely N-dealkylation sites (tertiary alicyclic amines) is 1. The van der Waals surface area contributed by atoms with Crippen LogP contribution in [-0.4, -0.2) is 43.1 Å². The number of hydrogen-bond acceptors (Lipinski definition) is 5. The fraction of sp³-hybridized carbons (Fsp3) is 0.387. The predicted molar refractivity (Wildman–Crippen MR) is 149 cm³/mol. The van der Waals surface area contributed by atoms with Crippen LogP contribution < -0.4 is 16.0 Å². The Morgan fingerprint density at radius 2 is 1.68 bits per heavy atom. The zero-order valence-corrected chi connectivity index (χ0v) is 21.9. The fourth-order valence-electron chi connectivity index (χ4n) is 5.83. The number of anilines is 2. The van der Waals surface area contributed by atoms with Gasteiger partial charge < -0.3 is 25.6 Å². The number of nitrogens with zero attached hydrogens (tertiary/aromatic N) is 2. The number of nitrogen functional groups attached to an aromatic ring is 1. The topological polar surface area (TPSA) is 70.8 Å². The first-order valence-electron chi connectivity index (χ1n) is 13.5. The zero-order valence-electron chi connectivity index (χ0n) is 21.9. The van der Waals surface area contributed by atoms with Crippen molar-refractivity contribution < 1.29 is 9.53 Å². The fourth-order valence-corrected chi connectivity index (χ4v) is 5.83. The van der Waals surface area contributed by atoms with Gasteiger partial charge in [-0.2, -0.15) is 0 Å². The Labute approximate surface area is 220 Å². The van der Waals surface area contributed by atoms with Crippen molar-refractivity contribution in [2.45, 2.75) is 50.9 Å². The molecular formula is C31H38N4O2. The summed E-state index contributed by atoms with van der Waals surface area (Å²) < 4.78 is 6.52. The summed E-state index contributed by atoms with van der Waals surface area (Å²) in [7, 11) is 0. The molecule has 6 heteroatoms. The molecule has 5 rings (SSSR count). The van der Waals surface area contributed by atoms with Gasteiger partial charge in [0, 0.05) is 38.0 Å². The lowest BCUT2D eigenvalue weighted by atomic mass is 9.84. The molecule has 1 fully saturated rings. The summed E-state index contributed by atoms with van der Waals surface area (Å²) in [5.41, 5.74) is 10.5. The zero-order chi connectivity index (χ0) is 25.8. The molecule has 2 aliphatic heterocycles. The number of nitrogens with one attached hydrogen (secondary N) is 1. The third-order valence-electron chi connectivity index (χ3n) is 7.77. The summed E-state index contributed by atoms with van der Waals surface area (Å²) >= 11 is 0. The lowest BCUT2D eigenvalue weighted by Crippen LogP contribution is -2.54. The number of nitrogens with two attached hydrogens (primary N) is 1. The first-order chi connectivity index (χ1) is 18.0. The lowest BCUT2D eigenvalue weighted by Gasteiger charge is -2.46. The number of rotatable bonds is 8. The third kappa shape index (κ3) is 5.22. The highest BCUT2D eigenvalue weighted by atomic mass is 16.5. The van der Waals surface area contributed by atoms with Gasteiger partial charge in [-0.25, -0.2) is 0 Å². The SMILES string of the molecule is CCCOC1(c2ccccc2)CCN(CC(C)N2c3ccccc3C(=O)NC2c2ccc(N)cc2)CC1. The number of piperidine rings is 1. The van der Waals surface area contributed by atoms with Crippen molar-refractivity contribution in [3.63, 3.8) is 0 Å². The van der Waals surface area contributed by atoms with Gasteiger partial charge in [-0.1, -0.05) is 61.5 Å². The smallest absolute Gasteiger partial charge is 0.255 e. The van der Waals surface area contributed by atoms with E-state index in [0.717, 1.165) is 62.3 Å². The van der Waals surface area contributed by atoms with Crippen molar-refractivity contribution in [3.05, 3.63) is 95.6 Å². The lowest BCUT2D eigenvalue weighted by molar-refractivity contribution is -0.0901. The largest absolute Gasteiger partial charge is 0.399 e. The highest BCUT2D eigenvalue weighted by Gasteiger charge is 2.39. The van der Waals surface area contributed by atoms with E-state index in [0.29, 0.717) is 5.69 Å². The monoisotopic (exact) mass is 498 g/mol. The molecule has 1 saturated heterocycles. The molecule has 0 saturated carbocycles. The average Bonchev–Trinajstić information content (AvgIpc) is 2.93. The molecule has 3 aromatic rings. The van der Waals surface area contributed by atoms with Gasteiger partial charge in [0.1, 0.15) is 6.17 Å². The van der Waals surface area contributed by atoms with E-state index in [4.69, 9.17) is 10.5 Å². The molecule has 2 aliphatic rings. The molecule has 2 atom stereocenters. The van der Waals surface area contributed by atoms with Crippen LogP contribution in [0.3, 0.4) is 0 Å². The van der Waals surface area contributed by atoms with Crippen molar-refractivity contribution in [3.8, 4) is 0 Å². The van der Waals surface area contributed by atoms with E-state index in [2.05, 4.69) is 65.4 Å². The number of para-hydroxylation sites is 1.